The normalized spacial score (nSPS) is 18.5. The smallest absolute Gasteiger partial charge is 0.231 e. The van der Waals surface area contributed by atoms with Crippen LogP contribution in [0.2, 0.25) is 0 Å². The fraction of sp³-hybridized carbons (Fsp3) is 0.185. The number of nitrogens with one attached hydrogen (secondary N) is 1. The second-order valence-electron chi connectivity index (χ2n) is 8.19. The van der Waals surface area contributed by atoms with Gasteiger partial charge in [0.1, 0.15) is 23.3 Å². The van der Waals surface area contributed by atoms with Crippen molar-refractivity contribution in [2.24, 2.45) is 0 Å². The van der Waals surface area contributed by atoms with Crippen LogP contribution < -0.4 is 24.4 Å². The van der Waals surface area contributed by atoms with E-state index in [0.29, 0.717) is 17.5 Å². The third kappa shape index (κ3) is 3.95. The summed E-state index contributed by atoms with van der Waals surface area (Å²) in [6.45, 7) is 2.81. The average molecular weight is 486 g/mol. The van der Waals surface area contributed by atoms with Gasteiger partial charge in [-0.05, 0) is 79.8 Å². The zero-order valence-electron chi connectivity index (χ0n) is 19.0. The largest absolute Gasteiger partial charge is 0.494 e. The number of ether oxygens (including phenoxy) is 3. The fourth-order valence-corrected chi connectivity index (χ4v) is 4.85. The number of nitrogens with zero attached hydrogens (tertiary/aromatic N) is 2. The Hall–Kier alpha value is -4.04. The molecule has 8 heteroatoms. The van der Waals surface area contributed by atoms with E-state index >= 15 is 0 Å². The van der Waals surface area contributed by atoms with Gasteiger partial charge in [-0.1, -0.05) is 6.07 Å². The minimum absolute atomic E-state index is 0.201. The van der Waals surface area contributed by atoms with Gasteiger partial charge in [0.15, 0.2) is 16.6 Å². The van der Waals surface area contributed by atoms with Crippen molar-refractivity contribution in [3.05, 3.63) is 90.4 Å². The summed E-state index contributed by atoms with van der Waals surface area (Å²) in [5.41, 5.74) is 2.73. The molecule has 0 spiro atoms. The summed E-state index contributed by atoms with van der Waals surface area (Å²) in [5, 5.41) is 4.04. The van der Waals surface area contributed by atoms with Crippen molar-refractivity contribution in [2.45, 2.75) is 19.0 Å². The SMILES string of the molecule is CCOc1ccc(-c2ccc([C@H]3[C@@H](c4ccccn4)NC(=S)N3c3ccc4c(c3)OCO4)o2)cc1. The van der Waals surface area contributed by atoms with Gasteiger partial charge in [0.2, 0.25) is 6.79 Å². The highest BCUT2D eigenvalue weighted by molar-refractivity contribution is 7.80. The van der Waals surface area contributed by atoms with E-state index in [1.165, 1.54) is 0 Å². The van der Waals surface area contributed by atoms with Crippen LogP contribution >= 0.6 is 12.2 Å². The van der Waals surface area contributed by atoms with E-state index in [2.05, 4.69) is 15.2 Å². The first-order valence-corrected chi connectivity index (χ1v) is 11.9. The highest BCUT2D eigenvalue weighted by Gasteiger charge is 2.43. The van der Waals surface area contributed by atoms with Crippen molar-refractivity contribution in [1.29, 1.82) is 0 Å². The first kappa shape index (κ1) is 21.5. The number of hydrogen-bond donors (Lipinski definition) is 1. The second-order valence-corrected chi connectivity index (χ2v) is 8.58. The standard InChI is InChI=1S/C27H23N3O4S/c1-2-31-19-9-6-17(7-10-19)21-12-13-23(34-21)26-25(20-5-3-4-14-28-20)29-27(35)30(26)18-8-11-22-24(15-18)33-16-32-22/h3-15,25-26H,2,16H2,1H3,(H,29,35)/t25-,26+/m1/s1. The molecule has 2 atom stereocenters. The number of benzene rings is 2. The highest BCUT2D eigenvalue weighted by Crippen LogP contribution is 2.45. The van der Waals surface area contributed by atoms with Crippen molar-refractivity contribution >= 4 is 23.0 Å². The molecule has 2 aromatic heterocycles. The summed E-state index contributed by atoms with van der Waals surface area (Å²) < 4.78 is 23.1. The Kier molecular flexibility index (Phi) is 5.50. The quantitative estimate of drug-likeness (QED) is 0.352. The van der Waals surface area contributed by atoms with Crippen molar-refractivity contribution in [2.75, 3.05) is 18.3 Å². The van der Waals surface area contributed by atoms with Crippen molar-refractivity contribution in [3.8, 4) is 28.6 Å². The van der Waals surface area contributed by atoms with Gasteiger partial charge in [-0.2, -0.15) is 0 Å². The van der Waals surface area contributed by atoms with Gasteiger partial charge in [0.05, 0.1) is 18.3 Å². The summed E-state index contributed by atoms with van der Waals surface area (Å²) >= 11 is 5.80. The van der Waals surface area contributed by atoms with E-state index in [9.17, 15) is 0 Å². The lowest BCUT2D eigenvalue weighted by atomic mass is 10.0. The lowest BCUT2D eigenvalue weighted by Gasteiger charge is -2.26. The Labute approximate surface area is 208 Å². The zero-order chi connectivity index (χ0) is 23.8. The molecule has 0 unspecified atom stereocenters. The molecule has 176 valence electrons. The zero-order valence-corrected chi connectivity index (χ0v) is 19.8. The number of hydrogen-bond acceptors (Lipinski definition) is 6. The molecule has 2 aliphatic rings. The van der Waals surface area contributed by atoms with E-state index in [-0.39, 0.29) is 18.9 Å². The van der Waals surface area contributed by atoms with Crippen LogP contribution in [0.3, 0.4) is 0 Å². The predicted molar refractivity (Wildman–Crippen MR) is 136 cm³/mol. The molecule has 0 amide bonds. The number of pyridine rings is 1. The van der Waals surface area contributed by atoms with Crippen molar-refractivity contribution in [3.63, 3.8) is 0 Å². The Balaban J connectivity index is 1.40. The molecular weight excluding hydrogens is 462 g/mol. The van der Waals surface area contributed by atoms with E-state index in [1.807, 2.05) is 79.7 Å². The maximum atomic E-state index is 6.43. The number of aromatic nitrogens is 1. The van der Waals surface area contributed by atoms with Gasteiger partial charge >= 0.3 is 0 Å². The van der Waals surface area contributed by atoms with Crippen LogP contribution in [0.4, 0.5) is 5.69 Å². The minimum Gasteiger partial charge on any atom is -0.494 e. The van der Waals surface area contributed by atoms with Gasteiger partial charge in [-0.3, -0.25) is 4.98 Å². The van der Waals surface area contributed by atoms with Crippen molar-refractivity contribution < 1.29 is 18.6 Å². The van der Waals surface area contributed by atoms with Crippen LogP contribution in [0.1, 0.15) is 30.5 Å². The minimum atomic E-state index is -0.255. The third-order valence-corrected chi connectivity index (χ3v) is 6.42. The molecule has 2 aliphatic heterocycles. The topological polar surface area (TPSA) is 69.0 Å². The first-order valence-electron chi connectivity index (χ1n) is 11.4. The van der Waals surface area contributed by atoms with Crippen LogP contribution in [0.15, 0.2) is 83.4 Å². The molecule has 1 saturated heterocycles. The van der Waals surface area contributed by atoms with Crippen LogP contribution in [0, 0.1) is 0 Å². The van der Waals surface area contributed by atoms with Gasteiger partial charge in [0, 0.05) is 23.5 Å². The van der Waals surface area contributed by atoms with Crippen LogP contribution in [0.25, 0.3) is 11.3 Å². The third-order valence-electron chi connectivity index (χ3n) is 6.10. The molecule has 4 heterocycles. The molecule has 0 bridgehead atoms. The van der Waals surface area contributed by atoms with Gasteiger partial charge in [-0.15, -0.1) is 0 Å². The van der Waals surface area contributed by atoms with Gasteiger partial charge in [-0.25, -0.2) is 0 Å². The Morgan fingerprint density at radius 2 is 1.89 bits per heavy atom. The van der Waals surface area contributed by atoms with Gasteiger partial charge in [0.25, 0.3) is 0 Å². The predicted octanol–water partition coefficient (Wildman–Crippen LogP) is 5.65. The summed E-state index contributed by atoms with van der Waals surface area (Å²) in [6.07, 6.45) is 1.79. The summed E-state index contributed by atoms with van der Waals surface area (Å²) in [7, 11) is 0. The van der Waals surface area contributed by atoms with Crippen molar-refractivity contribution in [1.82, 2.24) is 10.3 Å². The number of furan rings is 1. The monoisotopic (exact) mass is 485 g/mol. The molecule has 2 aromatic carbocycles. The Bertz CT molecular complexity index is 1360. The molecular formula is C27H23N3O4S. The van der Waals surface area contributed by atoms with Gasteiger partial charge < -0.3 is 28.8 Å². The van der Waals surface area contributed by atoms with E-state index in [4.69, 9.17) is 30.8 Å². The average Bonchev–Trinajstić information content (AvgIpc) is 3.63. The number of fused-ring (bicyclic) bond motifs is 1. The molecule has 6 rings (SSSR count). The lowest BCUT2D eigenvalue weighted by molar-refractivity contribution is 0.174. The summed E-state index contributed by atoms with van der Waals surface area (Å²) in [6, 6.07) is 23.1. The summed E-state index contributed by atoms with van der Waals surface area (Å²) in [4.78, 5) is 6.65. The van der Waals surface area contributed by atoms with E-state index in [0.717, 1.165) is 40.0 Å². The maximum Gasteiger partial charge on any atom is 0.231 e. The second kappa shape index (κ2) is 8.96. The number of thiocarbonyl (C=S) groups is 1. The lowest BCUT2D eigenvalue weighted by Crippen LogP contribution is -2.29. The molecule has 4 aromatic rings. The number of anilines is 1. The van der Waals surface area contributed by atoms with E-state index < -0.39 is 0 Å². The molecule has 7 nitrogen and oxygen atoms in total. The molecule has 1 fully saturated rings. The van der Waals surface area contributed by atoms with Crippen LogP contribution in [-0.2, 0) is 0 Å². The molecule has 0 radical (unpaired) electrons. The maximum absolute atomic E-state index is 6.43. The molecule has 0 aliphatic carbocycles. The van der Waals surface area contributed by atoms with E-state index in [1.54, 1.807) is 6.20 Å². The summed E-state index contributed by atoms with van der Waals surface area (Å²) in [5.74, 6) is 3.79. The number of rotatable bonds is 6. The van der Waals surface area contributed by atoms with Crippen LogP contribution in [0.5, 0.6) is 17.2 Å². The Morgan fingerprint density at radius 1 is 1.03 bits per heavy atom. The molecule has 1 N–H and O–H groups in total. The molecule has 35 heavy (non-hydrogen) atoms. The molecule has 0 saturated carbocycles. The highest BCUT2D eigenvalue weighted by atomic mass is 32.1. The first-order chi connectivity index (χ1) is 17.2. The van der Waals surface area contributed by atoms with Crippen LogP contribution in [-0.4, -0.2) is 23.5 Å². The Morgan fingerprint density at radius 3 is 2.69 bits per heavy atom. The fourth-order valence-electron chi connectivity index (χ4n) is 4.51.